The van der Waals surface area contributed by atoms with Crippen LogP contribution >= 0.6 is 12.4 Å². The lowest BCUT2D eigenvalue weighted by Gasteiger charge is -2.32. The third-order valence-electron chi connectivity index (χ3n) is 4.02. The third-order valence-corrected chi connectivity index (χ3v) is 4.02. The fourth-order valence-corrected chi connectivity index (χ4v) is 2.31. The van der Waals surface area contributed by atoms with Crippen molar-refractivity contribution in [3.8, 4) is 0 Å². The normalized spacial score (nSPS) is 17.4. The Bertz CT molecular complexity index is 453. The summed E-state index contributed by atoms with van der Waals surface area (Å²) in [6.07, 6.45) is 1.81. The number of carbonyl (C=O) groups excluding carboxylic acids is 1. The maximum Gasteiger partial charge on any atom is 0.230 e. The fourth-order valence-electron chi connectivity index (χ4n) is 2.31. The van der Waals surface area contributed by atoms with Gasteiger partial charge in [-0.2, -0.15) is 0 Å². The van der Waals surface area contributed by atoms with E-state index in [2.05, 4.69) is 37.5 Å². The molecule has 0 aromatic heterocycles. The minimum atomic E-state index is -0.232. The van der Waals surface area contributed by atoms with E-state index >= 15 is 0 Å². The van der Waals surface area contributed by atoms with Crippen LogP contribution in [0.3, 0.4) is 0 Å². The van der Waals surface area contributed by atoms with Crippen LogP contribution in [0, 0.1) is 19.3 Å². The van der Waals surface area contributed by atoms with Crippen molar-refractivity contribution in [2.45, 2.75) is 33.6 Å². The van der Waals surface area contributed by atoms with E-state index in [9.17, 15) is 4.79 Å². The summed E-state index contributed by atoms with van der Waals surface area (Å²) in [5.74, 6) is 0.146. The Balaban J connectivity index is 0.00000180. The number of halogens is 1. The van der Waals surface area contributed by atoms with Gasteiger partial charge in [0.05, 0.1) is 0 Å². The van der Waals surface area contributed by atoms with Crippen molar-refractivity contribution in [2.24, 2.45) is 5.41 Å². The number of amides is 1. The second kappa shape index (κ2) is 6.40. The highest BCUT2D eigenvalue weighted by molar-refractivity contribution is 5.95. The Morgan fingerprint density at radius 3 is 2.42 bits per heavy atom. The lowest BCUT2D eigenvalue weighted by atomic mass is 9.80. The van der Waals surface area contributed by atoms with Crippen LogP contribution in [-0.4, -0.2) is 19.0 Å². The van der Waals surface area contributed by atoms with Gasteiger partial charge in [-0.1, -0.05) is 13.0 Å². The molecule has 1 fully saturated rings. The van der Waals surface area contributed by atoms with E-state index < -0.39 is 0 Å². The molecule has 1 aromatic carbocycles. The number of anilines is 1. The van der Waals surface area contributed by atoms with Crippen LogP contribution in [0.5, 0.6) is 0 Å². The molecule has 1 aliphatic heterocycles. The molecule has 1 amide bonds. The molecule has 0 saturated carbocycles. The highest BCUT2D eigenvalue weighted by Crippen LogP contribution is 2.29. The van der Waals surface area contributed by atoms with E-state index in [1.165, 1.54) is 11.1 Å². The summed E-state index contributed by atoms with van der Waals surface area (Å²) in [7, 11) is 0. The first-order valence-corrected chi connectivity index (χ1v) is 6.61. The first kappa shape index (κ1) is 16.0. The standard InChI is InChI=1S/C15H22N2O.ClH/c1-11-4-5-13(10-12(11)2)17-14(18)15(3)6-8-16-9-7-15;/h4-5,10,16H,6-9H2,1-3H3,(H,17,18);1H. The highest BCUT2D eigenvalue weighted by atomic mass is 35.5. The van der Waals surface area contributed by atoms with Gasteiger partial charge in [-0.15, -0.1) is 12.4 Å². The molecule has 19 heavy (non-hydrogen) atoms. The van der Waals surface area contributed by atoms with Gasteiger partial charge in [0.25, 0.3) is 0 Å². The number of nitrogens with one attached hydrogen (secondary N) is 2. The number of hydrogen-bond acceptors (Lipinski definition) is 2. The Morgan fingerprint density at radius 1 is 1.21 bits per heavy atom. The van der Waals surface area contributed by atoms with E-state index in [0.29, 0.717) is 0 Å². The molecule has 1 heterocycles. The largest absolute Gasteiger partial charge is 0.326 e. The smallest absolute Gasteiger partial charge is 0.230 e. The van der Waals surface area contributed by atoms with Crippen LogP contribution in [0.4, 0.5) is 5.69 Å². The Morgan fingerprint density at radius 2 is 1.84 bits per heavy atom. The molecule has 0 bridgehead atoms. The average molecular weight is 283 g/mol. The number of rotatable bonds is 2. The van der Waals surface area contributed by atoms with Crippen molar-refractivity contribution in [3.05, 3.63) is 29.3 Å². The molecule has 106 valence electrons. The van der Waals surface area contributed by atoms with Crippen molar-refractivity contribution < 1.29 is 4.79 Å². The number of benzene rings is 1. The van der Waals surface area contributed by atoms with Crippen molar-refractivity contribution in [1.29, 1.82) is 0 Å². The van der Waals surface area contributed by atoms with Gasteiger partial charge in [0, 0.05) is 11.1 Å². The van der Waals surface area contributed by atoms with Crippen LogP contribution in [0.15, 0.2) is 18.2 Å². The third kappa shape index (κ3) is 3.71. The minimum absolute atomic E-state index is 0. The summed E-state index contributed by atoms with van der Waals surface area (Å²) in [4.78, 5) is 12.3. The van der Waals surface area contributed by atoms with Gasteiger partial charge < -0.3 is 10.6 Å². The summed E-state index contributed by atoms with van der Waals surface area (Å²) in [5.41, 5.74) is 3.14. The predicted octanol–water partition coefficient (Wildman–Crippen LogP) is 3.05. The number of carbonyl (C=O) groups is 1. The Hall–Kier alpha value is -1.06. The van der Waals surface area contributed by atoms with Crippen LogP contribution in [-0.2, 0) is 4.79 Å². The molecular weight excluding hydrogens is 260 g/mol. The van der Waals surface area contributed by atoms with Crippen LogP contribution < -0.4 is 10.6 Å². The molecule has 0 unspecified atom stereocenters. The molecule has 3 nitrogen and oxygen atoms in total. The summed E-state index contributed by atoms with van der Waals surface area (Å²) in [6, 6.07) is 6.07. The molecule has 2 rings (SSSR count). The molecule has 1 aliphatic rings. The number of aryl methyl sites for hydroxylation is 2. The molecule has 0 atom stereocenters. The number of hydrogen-bond donors (Lipinski definition) is 2. The summed E-state index contributed by atoms with van der Waals surface area (Å²) in [5, 5.41) is 6.35. The second-order valence-corrected chi connectivity index (χ2v) is 5.56. The molecule has 0 radical (unpaired) electrons. The van der Waals surface area contributed by atoms with Crippen molar-refractivity contribution in [1.82, 2.24) is 5.32 Å². The van der Waals surface area contributed by atoms with Crippen LogP contribution in [0.25, 0.3) is 0 Å². The number of piperidine rings is 1. The molecule has 0 spiro atoms. The van der Waals surface area contributed by atoms with Crippen LogP contribution in [0.2, 0.25) is 0 Å². The SMILES string of the molecule is Cc1ccc(NC(=O)C2(C)CCNCC2)cc1C.Cl. The first-order valence-electron chi connectivity index (χ1n) is 6.61. The lowest BCUT2D eigenvalue weighted by molar-refractivity contribution is -0.126. The molecular formula is C15H23ClN2O. The zero-order chi connectivity index (χ0) is 13.2. The van der Waals surface area contributed by atoms with Gasteiger partial charge in [0.15, 0.2) is 0 Å². The van der Waals surface area contributed by atoms with E-state index in [1.807, 2.05) is 12.1 Å². The van der Waals surface area contributed by atoms with E-state index in [0.717, 1.165) is 31.6 Å². The van der Waals surface area contributed by atoms with Crippen molar-refractivity contribution in [2.75, 3.05) is 18.4 Å². The zero-order valence-corrected chi connectivity index (χ0v) is 12.7. The minimum Gasteiger partial charge on any atom is -0.326 e. The Kier molecular flexibility index (Phi) is 5.39. The summed E-state index contributed by atoms with van der Waals surface area (Å²) >= 11 is 0. The van der Waals surface area contributed by atoms with E-state index in [-0.39, 0.29) is 23.7 Å². The first-order chi connectivity index (χ1) is 8.51. The predicted molar refractivity (Wildman–Crippen MR) is 82.0 cm³/mol. The van der Waals surface area contributed by atoms with Gasteiger partial charge in [-0.3, -0.25) is 4.79 Å². The van der Waals surface area contributed by atoms with Gasteiger partial charge in [0.2, 0.25) is 5.91 Å². The lowest BCUT2D eigenvalue weighted by Crippen LogP contribution is -2.42. The Labute approximate surface area is 121 Å². The van der Waals surface area contributed by atoms with Gasteiger partial charge in [0.1, 0.15) is 0 Å². The van der Waals surface area contributed by atoms with Crippen molar-refractivity contribution >= 4 is 24.0 Å². The summed E-state index contributed by atoms with van der Waals surface area (Å²) < 4.78 is 0. The topological polar surface area (TPSA) is 41.1 Å². The van der Waals surface area contributed by atoms with Gasteiger partial charge in [-0.05, 0) is 63.0 Å². The van der Waals surface area contributed by atoms with Crippen molar-refractivity contribution in [3.63, 3.8) is 0 Å². The molecule has 0 aliphatic carbocycles. The molecule has 1 aromatic rings. The quantitative estimate of drug-likeness (QED) is 0.875. The summed E-state index contributed by atoms with van der Waals surface area (Å²) in [6.45, 7) is 8.06. The molecule has 4 heteroatoms. The van der Waals surface area contributed by atoms with Gasteiger partial charge in [-0.25, -0.2) is 0 Å². The zero-order valence-electron chi connectivity index (χ0n) is 11.9. The molecule has 2 N–H and O–H groups in total. The fraction of sp³-hybridized carbons (Fsp3) is 0.533. The van der Waals surface area contributed by atoms with E-state index in [4.69, 9.17) is 0 Å². The second-order valence-electron chi connectivity index (χ2n) is 5.56. The maximum absolute atomic E-state index is 12.3. The van der Waals surface area contributed by atoms with Crippen LogP contribution in [0.1, 0.15) is 30.9 Å². The maximum atomic E-state index is 12.3. The molecule has 1 saturated heterocycles. The van der Waals surface area contributed by atoms with Gasteiger partial charge >= 0.3 is 0 Å². The average Bonchev–Trinajstić information content (AvgIpc) is 2.35. The highest BCUT2D eigenvalue weighted by Gasteiger charge is 2.34. The monoisotopic (exact) mass is 282 g/mol. The van der Waals surface area contributed by atoms with E-state index in [1.54, 1.807) is 0 Å².